The van der Waals surface area contributed by atoms with Gasteiger partial charge < -0.3 is 10.1 Å². The Labute approximate surface area is 114 Å². The minimum absolute atomic E-state index is 0.271. The van der Waals surface area contributed by atoms with Crippen molar-refractivity contribution in [2.24, 2.45) is 5.92 Å². The fourth-order valence-corrected chi connectivity index (χ4v) is 2.93. The van der Waals surface area contributed by atoms with Crippen molar-refractivity contribution in [3.05, 3.63) is 18.2 Å². The van der Waals surface area contributed by atoms with Crippen LogP contribution in [0.3, 0.4) is 0 Å². The molecule has 19 heavy (non-hydrogen) atoms. The number of hydrogen-bond acceptors (Lipinski definition) is 4. The topological polar surface area (TPSA) is 67.4 Å². The summed E-state index contributed by atoms with van der Waals surface area (Å²) in [6.07, 6.45) is 0.825. The first-order chi connectivity index (χ1) is 8.99. The van der Waals surface area contributed by atoms with Gasteiger partial charge >= 0.3 is 0 Å². The molecule has 0 spiro atoms. The summed E-state index contributed by atoms with van der Waals surface area (Å²) >= 11 is 0. The van der Waals surface area contributed by atoms with Gasteiger partial charge in [0.25, 0.3) is 0 Å². The third kappa shape index (κ3) is 3.61. The fourth-order valence-electron chi connectivity index (χ4n) is 1.85. The highest BCUT2D eigenvalue weighted by molar-refractivity contribution is 7.89. The van der Waals surface area contributed by atoms with E-state index in [2.05, 4.69) is 23.9 Å². The summed E-state index contributed by atoms with van der Waals surface area (Å²) in [5.74, 6) is 1.17. The van der Waals surface area contributed by atoms with Gasteiger partial charge in [0, 0.05) is 13.1 Å². The maximum Gasteiger partial charge on any atom is 0.240 e. The highest BCUT2D eigenvalue weighted by atomic mass is 32.2. The van der Waals surface area contributed by atoms with Crippen LogP contribution in [-0.2, 0) is 10.0 Å². The van der Waals surface area contributed by atoms with Crippen LogP contribution in [0.5, 0.6) is 5.75 Å². The largest absolute Gasteiger partial charge is 0.490 e. The number of benzene rings is 1. The molecule has 0 bridgehead atoms. The maximum absolute atomic E-state index is 12.1. The SMILES string of the molecule is CC(C)CCNS(=O)(=O)c1ccc2c(c1)NCCO2. The van der Waals surface area contributed by atoms with Crippen LogP contribution in [0.15, 0.2) is 23.1 Å². The van der Waals surface area contributed by atoms with E-state index in [0.717, 1.165) is 12.1 Å². The molecule has 0 atom stereocenters. The molecular weight excluding hydrogens is 264 g/mol. The molecule has 1 aliphatic heterocycles. The van der Waals surface area contributed by atoms with Crippen LogP contribution < -0.4 is 14.8 Å². The lowest BCUT2D eigenvalue weighted by Gasteiger charge is -2.19. The third-order valence-corrected chi connectivity index (χ3v) is 4.41. The van der Waals surface area contributed by atoms with Crippen LogP contribution in [0.2, 0.25) is 0 Å². The van der Waals surface area contributed by atoms with E-state index in [9.17, 15) is 8.42 Å². The first kappa shape index (κ1) is 14.1. The molecule has 5 nitrogen and oxygen atoms in total. The second-order valence-corrected chi connectivity index (χ2v) is 6.78. The van der Waals surface area contributed by atoms with Crippen molar-refractivity contribution in [2.45, 2.75) is 25.2 Å². The van der Waals surface area contributed by atoms with Crippen LogP contribution in [0, 0.1) is 5.92 Å². The minimum atomic E-state index is -3.43. The van der Waals surface area contributed by atoms with Gasteiger partial charge in [0.1, 0.15) is 12.4 Å². The highest BCUT2D eigenvalue weighted by Gasteiger charge is 2.17. The Hall–Kier alpha value is -1.27. The fraction of sp³-hybridized carbons (Fsp3) is 0.538. The van der Waals surface area contributed by atoms with Crippen LogP contribution in [-0.4, -0.2) is 28.1 Å². The Morgan fingerprint density at radius 1 is 1.42 bits per heavy atom. The first-order valence-electron chi connectivity index (χ1n) is 6.49. The van der Waals surface area contributed by atoms with Crippen molar-refractivity contribution < 1.29 is 13.2 Å². The van der Waals surface area contributed by atoms with E-state index >= 15 is 0 Å². The molecule has 0 aliphatic carbocycles. The summed E-state index contributed by atoms with van der Waals surface area (Å²) in [5, 5.41) is 3.13. The molecular formula is C13H20N2O3S. The van der Waals surface area contributed by atoms with Crippen molar-refractivity contribution in [2.75, 3.05) is 25.0 Å². The summed E-state index contributed by atoms with van der Waals surface area (Å²) in [4.78, 5) is 0.271. The van der Waals surface area contributed by atoms with Crippen LogP contribution in [0.25, 0.3) is 0 Å². The van der Waals surface area contributed by atoms with Gasteiger partial charge in [-0.3, -0.25) is 0 Å². The zero-order valence-corrected chi connectivity index (χ0v) is 12.1. The zero-order chi connectivity index (χ0) is 13.9. The summed E-state index contributed by atoms with van der Waals surface area (Å²) in [7, 11) is -3.43. The van der Waals surface area contributed by atoms with E-state index in [1.165, 1.54) is 0 Å². The summed E-state index contributed by atoms with van der Waals surface area (Å²) in [5.41, 5.74) is 0.734. The van der Waals surface area contributed by atoms with E-state index in [0.29, 0.717) is 31.4 Å². The molecule has 1 aliphatic rings. The number of anilines is 1. The molecule has 0 saturated carbocycles. The van der Waals surface area contributed by atoms with E-state index in [4.69, 9.17) is 4.74 Å². The highest BCUT2D eigenvalue weighted by Crippen LogP contribution is 2.29. The Bertz CT molecular complexity index is 541. The summed E-state index contributed by atoms with van der Waals surface area (Å²) < 4.78 is 32.3. The van der Waals surface area contributed by atoms with Crippen molar-refractivity contribution in [3.63, 3.8) is 0 Å². The lowest BCUT2D eigenvalue weighted by Crippen LogP contribution is -2.26. The molecule has 1 aromatic rings. The smallest absolute Gasteiger partial charge is 0.240 e. The standard InChI is InChI=1S/C13H20N2O3S/c1-10(2)5-6-15-19(16,17)11-3-4-13-12(9-11)14-7-8-18-13/h3-4,9-10,14-15H,5-8H2,1-2H3. The second-order valence-electron chi connectivity index (χ2n) is 5.01. The minimum Gasteiger partial charge on any atom is -0.490 e. The van der Waals surface area contributed by atoms with Gasteiger partial charge in [-0.15, -0.1) is 0 Å². The quantitative estimate of drug-likeness (QED) is 0.865. The normalized spacial score (nSPS) is 14.7. The molecule has 2 N–H and O–H groups in total. The number of ether oxygens (including phenoxy) is 1. The Kier molecular flexibility index (Phi) is 4.31. The summed E-state index contributed by atoms with van der Waals surface area (Å²) in [6.45, 7) is 5.88. The lowest BCUT2D eigenvalue weighted by molar-refractivity contribution is 0.323. The lowest BCUT2D eigenvalue weighted by atomic mass is 10.1. The zero-order valence-electron chi connectivity index (χ0n) is 11.3. The van der Waals surface area contributed by atoms with Gasteiger partial charge in [-0.05, 0) is 30.5 Å². The molecule has 0 saturated heterocycles. The van der Waals surface area contributed by atoms with Crippen molar-refractivity contribution in [1.29, 1.82) is 0 Å². The first-order valence-corrected chi connectivity index (χ1v) is 7.98. The molecule has 0 fully saturated rings. The van der Waals surface area contributed by atoms with Crippen LogP contribution >= 0.6 is 0 Å². The Morgan fingerprint density at radius 2 is 2.21 bits per heavy atom. The molecule has 0 amide bonds. The molecule has 106 valence electrons. The number of rotatable bonds is 5. The number of sulfonamides is 1. The van der Waals surface area contributed by atoms with E-state index in [-0.39, 0.29) is 4.90 Å². The van der Waals surface area contributed by atoms with Crippen molar-refractivity contribution in [1.82, 2.24) is 4.72 Å². The number of hydrogen-bond donors (Lipinski definition) is 2. The second kappa shape index (κ2) is 5.79. The predicted molar refractivity (Wildman–Crippen MR) is 75.1 cm³/mol. The molecule has 0 radical (unpaired) electrons. The molecule has 1 heterocycles. The van der Waals surface area contributed by atoms with E-state index in [1.54, 1.807) is 18.2 Å². The van der Waals surface area contributed by atoms with Gasteiger partial charge in [0.05, 0.1) is 10.6 Å². The molecule has 0 unspecified atom stereocenters. The maximum atomic E-state index is 12.1. The number of fused-ring (bicyclic) bond motifs is 1. The van der Waals surface area contributed by atoms with E-state index < -0.39 is 10.0 Å². The van der Waals surface area contributed by atoms with Gasteiger partial charge in [-0.1, -0.05) is 13.8 Å². The monoisotopic (exact) mass is 284 g/mol. The number of nitrogens with one attached hydrogen (secondary N) is 2. The van der Waals surface area contributed by atoms with Gasteiger partial charge in [0.2, 0.25) is 10.0 Å². The van der Waals surface area contributed by atoms with Gasteiger partial charge in [-0.25, -0.2) is 13.1 Å². The molecule has 0 aromatic heterocycles. The van der Waals surface area contributed by atoms with Crippen LogP contribution in [0.1, 0.15) is 20.3 Å². The Balaban J connectivity index is 2.12. The molecule has 6 heteroatoms. The molecule has 2 rings (SSSR count). The van der Waals surface area contributed by atoms with E-state index in [1.807, 2.05) is 0 Å². The average molecular weight is 284 g/mol. The Morgan fingerprint density at radius 3 is 2.95 bits per heavy atom. The van der Waals surface area contributed by atoms with Gasteiger partial charge in [-0.2, -0.15) is 0 Å². The third-order valence-electron chi connectivity index (χ3n) is 2.95. The van der Waals surface area contributed by atoms with Crippen molar-refractivity contribution in [3.8, 4) is 5.75 Å². The van der Waals surface area contributed by atoms with Crippen molar-refractivity contribution >= 4 is 15.7 Å². The summed E-state index contributed by atoms with van der Waals surface area (Å²) in [6, 6.07) is 4.88. The molecule has 1 aromatic carbocycles. The van der Waals surface area contributed by atoms with Crippen LogP contribution in [0.4, 0.5) is 5.69 Å². The average Bonchev–Trinajstić information content (AvgIpc) is 2.37. The predicted octanol–water partition coefficient (Wildman–Crippen LogP) is 1.82. The van der Waals surface area contributed by atoms with Gasteiger partial charge in [0.15, 0.2) is 0 Å².